The Balaban J connectivity index is 4.58. The van der Waals surface area contributed by atoms with Crippen molar-refractivity contribution in [2.75, 3.05) is 7.05 Å². The first-order valence-corrected chi connectivity index (χ1v) is 5.89. The topological polar surface area (TPSA) is 38.4 Å². The normalized spacial score (nSPS) is 17.9. The molecule has 0 saturated heterocycles. The minimum absolute atomic E-state index is 0.472. The largest absolute Gasteiger partial charge is 0.404 e. The average Bonchev–Trinajstić information content (AvgIpc) is 2.18. The van der Waals surface area contributed by atoms with Crippen LogP contribution in [0.3, 0.4) is 0 Å². The van der Waals surface area contributed by atoms with Gasteiger partial charge in [0.05, 0.1) is 0 Å². The smallest absolute Gasteiger partial charge is 0.0366 e. The Labute approximate surface area is 89.2 Å². The van der Waals surface area contributed by atoms with Crippen LogP contribution in [0.5, 0.6) is 0 Å². The molecule has 0 radical (unpaired) electrons. The second-order valence-corrected chi connectivity index (χ2v) is 5.21. The van der Waals surface area contributed by atoms with E-state index in [1.807, 2.05) is 6.92 Å². The molecule has 0 saturated carbocycles. The molecule has 3 heteroatoms. The highest BCUT2D eigenvalue weighted by Crippen LogP contribution is 2.33. The zero-order valence-electron chi connectivity index (χ0n) is 9.76. The van der Waals surface area contributed by atoms with E-state index in [0.29, 0.717) is 5.66 Å². The van der Waals surface area contributed by atoms with Crippen molar-refractivity contribution in [2.24, 2.45) is 10.7 Å². The summed E-state index contributed by atoms with van der Waals surface area (Å²) in [7, 11) is 2.60. The number of nitrogens with zero attached hydrogens (tertiary/aromatic N) is 1. The predicted molar refractivity (Wildman–Crippen MR) is 68.5 cm³/mol. The summed E-state index contributed by atoms with van der Waals surface area (Å²) in [5.74, 6) is 0. The molecule has 2 N–H and O–H groups in total. The summed E-state index contributed by atoms with van der Waals surface area (Å²) in [4.78, 5) is 4.17. The van der Waals surface area contributed by atoms with Crippen LogP contribution >= 0.6 is 8.58 Å². The third kappa shape index (κ3) is 4.06. The van der Waals surface area contributed by atoms with Crippen LogP contribution < -0.4 is 5.73 Å². The monoisotopic (exact) mass is 212 g/mol. The van der Waals surface area contributed by atoms with Gasteiger partial charge in [0.1, 0.15) is 0 Å². The van der Waals surface area contributed by atoms with Crippen molar-refractivity contribution in [3.05, 3.63) is 23.2 Å². The van der Waals surface area contributed by atoms with Crippen molar-refractivity contribution >= 4 is 14.3 Å². The Morgan fingerprint density at radius 1 is 1.43 bits per heavy atom. The van der Waals surface area contributed by atoms with Crippen molar-refractivity contribution in [1.82, 2.24) is 0 Å². The zero-order chi connectivity index (χ0) is 11.1. The highest BCUT2D eigenvalue weighted by atomic mass is 31.1. The number of allylic oxidation sites excluding steroid dienone is 3. The maximum atomic E-state index is 5.61. The van der Waals surface area contributed by atoms with Crippen LogP contribution in [0.4, 0.5) is 0 Å². The molecule has 0 fully saturated rings. The van der Waals surface area contributed by atoms with E-state index >= 15 is 0 Å². The van der Waals surface area contributed by atoms with Crippen LogP contribution in [0.25, 0.3) is 0 Å². The second-order valence-electron chi connectivity index (χ2n) is 3.27. The molecular formula is C11H21N2P. The maximum absolute atomic E-state index is 5.61. The highest BCUT2D eigenvalue weighted by Gasteiger charge is 2.10. The minimum Gasteiger partial charge on any atom is -0.404 e. The molecule has 2 nitrogen and oxygen atoms in total. The zero-order valence-corrected chi connectivity index (χ0v) is 10.8. The summed E-state index contributed by atoms with van der Waals surface area (Å²) >= 11 is 0. The Morgan fingerprint density at radius 2 is 2.00 bits per heavy atom. The van der Waals surface area contributed by atoms with Crippen LogP contribution in [-0.2, 0) is 0 Å². The molecular weight excluding hydrogens is 191 g/mol. The quantitative estimate of drug-likeness (QED) is 0.564. The predicted octanol–water partition coefficient (Wildman–Crippen LogP) is 2.91. The number of aliphatic imine (C=N–C) groups is 1. The third-order valence-electron chi connectivity index (χ3n) is 2.28. The summed E-state index contributed by atoms with van der Waals surface area (Å²) in [5, 5.41) is 1.42. The third-order valence-corrected chi connectivity index (χ3v) is 3.76. The van der Waals surface area contributed by atoms with Gasteiger partial charge in [0.15, 0.2) is 0 Å². The van der Waals surface area contributed by atoms with E-state index in [-0.39, 0.29) is 0 Å². The van der Waals surface area contributed by atoms with Gasteiger partial charge in [-0.3, -0.25) is 4.99 Å². The fourth-order valence-electron chi connectivity index (χ4n) is 1.21. The molecule has 0 aromatic heterocycles. The standard InChI is InChI=1S/C11H21N2P/c1-6-8(2)14-10(4)11(7-12)9(3)13-5/h6-7,10,14H,12H2,1-5H3/b8-6-,11-7+,13-9-. The van der Waals surface area contributed by atoms with Crippen LogP contribution in [0.15, 0.2) is 28.2 Å². The van der Waals surface area contributed by atoms with Crippen LogP contribution in [-0.4, -0.2) is 18.4 Å². The van der Waals surface area contributed by atoms with E-state index in [0.717, 1.165) is 19.9 Å². The first kappa shape index (κ1) is 13.4. The van der Waals surface area contributed by atoms with Gasteiger partial charge in [-0.25, -0.2) is 0 Å². The van der Waals surface area contributed by atoms with E-state index in [1.54, 1.807) is 13.2 Å². The molecule has 2 unspecified atom stereocenters. The molecule has 2 atom stereocenters. The summed E-state index contributed by atoms with van der Waals surface area (Å²) in [5.41, 5.74) is 8.28. The first-order chi connectivity index (χ1) is 6.56. The number of rotatable bonds is 4. The molecule has 0 aliphatic carbocycles. The van der Waals surface area contributed by atoms with Crippen molar-refractivity contribution in [3.8, 4) is 0 Å². The summed E-state index contributed by atoms with van der Waals surface area (Å²) in [6, 6.07) is 0. The first-order valence-electron chi connectivity index (χ1n) is 4.81. The molecule has 0 aromatic carbocycles. The number of nitrogens with two attached hydrogens (primary N) is 1. The molecule has 0 amide bonds. The Bertz CT molecular complexity index is 264. The molecule has 0 aliphatic rings. The molecule has 14 heavy (non-hydrogen) atoms. The van der Waals surface area contributed by atoms with Crippen molar-refractivity contribution in [2.45, 2.75) is 33.4 Å². The van der Waals surface area contributed by atoms with Gasteiger partial charge in [0.25, 0.3) is 0 Å². The Kier molecular flexibility index (Phi) is 6.48. The maximum Gasteiger partial charge on any atom is 0.0366 e. The van der Waals surface area contributed by atoms with Gasteiger partial charge in [-0.1, -0.05) is 26.9 Å². The number of hydrogen-bond acceptors (Lipinski definition) is 2. The van der Waals surface area contributed by atoms with Gasteiger partial charge in [-0.2, -0.15) is 0 Å². The van der Waals surface area contributed by atoms with Gasteiger partial charge in [0.2, 0.25) is 0 Å². The lowest BCUT2D eigenvalue weighted by Gasteiger charge is -2.15. The molecule has 0 heterocycles. The second kappa shape index (κ2) is 6.78. The molecule has 0 rings (SSSR count). The summed E-state index contributed by atoms with van der Waals surface area (Å²) in [6.07, 6.45) is 3.84. The van der Waals surface area contributed by atoms with Crippen LogP contribution in [0, 0.1) is 0 Å². The van der Waals surface area contributed by atoms with Gasteiger partial charge >= 0.3 is 0 Å². The molecule has 0 aromatic rings. The fourth-order valence-corrected chi connectivity index (χ4v) is 2.52. The van der Waals surface area contributed by atoms with Gasteiger partial charge in [-0.15, -0.1) is 0 Å². The van der Waals surface area contributed by atoms with E-state index in [4.69, 9.17) is 5.73 Å². The Hall–Kier alpha value is -0.620. The van der Waals surface area contributed by atoms with Crippen molar-refractivity contribution < 1.29 is 0 Å². The average molecular weight is 212 g/mol. The van der Waals surface area contributed by atoms with E-state index in [2.05, 4.69) is 31.8 Å². The van der Waals surface area contributed by atoms with E-state index < -0.39 is 0 Å². The molecule has 80 valence electrons. The highest BCUT2D eigenvalue weighted by molar-refractivity contribution is 7.44. The fraction of sp³-hybridized carbons (Fsp3) is 0.545. The molecule has 0 aliphatic heterocycles. The van der Waals surface area contributed by atoms with Gasteiger partial charge in [0, 0.05) is 18.4 Å². The Morgan fingerprint density at radius 3 is 2.36 bits per heavy atom. The summed E-state index contributed by atoms with van der Waals surface area (Å²) < 4.78 is 0. The SMILES string of the molecule is C/C=C(/C)PC(C)C(=C/N)/C(C)=N\C. The van der Waals surface area contributed by atoms with Crippen LogP contribution in [0.2, 0.25) is 0 Å². The summed E-state index contributed by atoms with van der Waals surface area (Å²) in [6.45, 7) is 8.42. The lowest BCUT2D eigenvalue weighted by molar-refractivity contribution is 1.16. The molecule has 0 spiro atoms. The lowest BCUT2D eigenvalue weighted by Crippen LogP contribution is -2.10. The lowest BCUT2D eigenvalue weighted by atomic mass is 10.1. The van der Waals surface area contributed by atoms with E-state index in [9.17, 15) is 0 Å². The van der Waals surface area contributed by atoms with Crippen molar-refractivity contribution in [3.63, 3.8) is 0 Å². The number of hydrogen-bond donors (Lipinski definition) is 1. The van der Waals surface area contributed by atoms with Gasteiger partial charge in [-0.05, 0) is 32.5 Å². The van der Waals surface area contributed by atoms with E-state index in [1.165, 1.54) is 5.31 Å². The minimum atomic E-state index is 0.472. The van der Waals surface area contributed by atoms with Crippen molar-refractivity contribution in [1.29, 1.82) is 0 Å². The van der Waals surface area contributed by atoms with Crippen LogP contribution in [0.1, 0.15) is 27.7 Å². The molecule has 0 bridgehead atoms. The van der Waals surface area contributed by atoms with Gasteiger partial charge < -0.3 is 5.73 Å².